The lowest BCUT2D eigenvalue weighted by Gasteiger charge is -2.23. The Morgan fingerprint density at radius 2 is 2.25 bits per heavy atom. The highest BCUT2D eigenvalue weighted by molar-refractivity contribution is 7.85. The molecule has 1 rings (SSSR count). The van der Waals surface area contributed by atoms with E-state index < -0.39 is 16.9 Å². The summed E-state index contributed by atoms with van der Waals surface area (Å²) in [7, 11) is 0.699. The van der Waals surface area contributed by atoms with Gasteiger partial charge in [0.1, 0.15) is 6.10 Å². The molecule has 0 bridgehead atoms. The van der Waals surface area contributed by atoms with Crippen LogP contribution in [0.3, 0.4) is 0 Å². The fourth-order valence-electron chi connectivity index (χ4n) is 2.16. The van der Waals surface area contributed by atoms with Gasteiger partial charge < -0.3 is 14.6 Å². The smallest absolute Gasteiger partial charge is 0.102 e. The van der Waals surface area contributed by atoms with E-state index in [0.717, 1.165) is 12.0 Å². The third-order valence-corrected chi connectivity index (χ3v) is 4.60. The topological polar surface area (TPSA) is 55.8 Å². The van der Waals surface area contributed by atoms with Gasteiger partial charge in [0.15, 0.2) is 0 Å². The Kier molecular flexibility index (Phi) is 8.30. The van der Waals surface area contributed by atoms with E-state index in [9.17, 15) is 9.32 Å². The Labute approximate surface area is 124 Å². The largest absolute Gasteiger partial charge is 0.389 e. The number of rotatable bonds is 1. The molecule has 4 nitrogen and oxygen atoms in total. The van der Waals surface area contributed by atoms with Crippen LogP contribution in [0.1, 0.15) is 20.3 Å². The van der Waals surface area contributed by atoms with Crippen LogP contribution in [0.4, 0.5) is 0 Å². The molecule has 0 aromatic heterocycles. The van der Waals surface area contributed by atoms with Gasteiger partial charge in [0.2, 0.25) is 0 Å². The maximum Gasteiger partial charge on any atom is 0.102 e. The van der Waals surface area contributed by atoms with Crippen molar-refractivity contribution in [1.29, 1.82) is 0 Å². The first-order valence-electron chi connectivity index (χ1n) is 7.02. The summed E-state index contributed by atoms with van der Waals surface area (Å²) in [5, 5.41) is 10.3. The van der Waals surface area contributed by atoms with Crippen molar-refractivity contribution in [3.8, 4) is 0 Å². The third kappa shape index (κ3) is 6.31. The minimum absolute atomic E-state index is 0.0263. The van der Waals surface area contributed by atoms with E-state index >= 15 is 0 Å². The summed E-state index contributed by atoms with van der Waals surface area (Å²) in [5.41, 5.74) is 1.09. The molecule has 0 fully saturated rings. The minimum atomic E-state index is -0.875. The number of ether oxygens (including phenoxy) is 2. The normalized spacial score (nSPS) is 34.3. The van der Waals surface area contributed by atoms with Crippen molar-refractivity contribution in [2.45, 2.75) is 32.5 Å². The first-order valence-corrected chi connectivity index (χ1v) is 8.51. The molecule has 0 aromatic carbocycles. The fraction of sp³-hybridized carbons (Fsp3) is 0.733. The van der Waals surface area contributed by atoms with Crippen LogP contribution < -0.4 is 0 Å². The lowest BCUT2D eigenvalue weighted by Crippen LogP contribution is -2.31. The van der Waals surface area contributed by atoms with Crippen LogP contribution in [-0.4, -0.2) is 53.4 Å². The lowest BCUT2D eigenvalue weighted by atomic mass is 9.97. The monoisotopic (exact) mass is 302 g/mol. The van der Waals surface area contributed by atoms with E-state index in [-0.39, 0.29) is 12.0 Å². The Hall–Kier alpha value is -0.490. The number of aliphatic hydroxyl groups excluding tert-OH is 1. The molecule has 5 heteroatoms. The molecule has 20 heavy (non-hydrogen) atoms. The predicted molar refractivity (Wildman–Crippen MR) is 82.2 cm³/mol. The van der Waals surface area contributed by atoms with Crippen LogP contribution in [0, 0.1) is 5.92 Å². The summed E-state index contributed by atoms with van der Waals surface area (Å²) < 4.78 is 22.6. The number of hydrogen-bond acceptors (Lipinski definition) is 4. The quantitative estimate of drug-likeness (QED) is 0.749. The van der Waals surface area contributed by atoms with E-state index in [0.29, 0.717) is 24.7 Å². The molecule has 4 atom stereocenters. The summed E-state index contributed by atoms with van der Waals surface area (Å²) in [5.74, 6) is 1.11. The molecule has 1 heterocycles. The molecule has 1 aliphatic rings. The Morgan fingerprint density at radius 3 is 2.95 bits per heavy atom. The van der Waals surface area contributed by atoms with Crippen molar-refractivity contribution in [3.05, 3.63) is 23.8 Å². The van der Waals surface area contributed by atoms with Crippen molar-refractivity contribution < 1.29 is 18.8 Å². The van der Waals surface area contributed by atoms with Gasteiger partial charge in [-0.05, 0) is 13.3 Å². The number of hydrogen-bond donors (Lipinski definition) is 1. The SMILES string of the molecule is COC1C=CCS(=O)CCCOCC(C)=CC(C)C1O. The molecule has 0 saturated carbocycles. The second kappa shape index (κ2) is 9.45. The van der Waals surface area contributed by atoms with Crippen LogP contribution >= 0.6 is 0 Å². The van der Waals surface area contributed by atoms with E-state index in [1.54, 1.807) is 7.11 Å². The van der Waals surface area contributed by atoms with Gasteiger partial charge >= 0.3 is 0 Å². The Morgan fingerprint density at radius 1 is 1.50 bits per heavy atom. The molecule has 0 amide bonds. The van der Waals surface area contributed by atoms with Gasteiger partial charge in [0.25, 0.3) is 0 Å². The highest BCUT2D eigenvalue weighted by atomic mass is 32.2. The average Bonchev–Trinajstić information content (AvgIpc) is 2.41. The zero-order valence-electron chi connectivity index (χ0n) is 12.6. The third-order valence-electron chi connectivity index (χ3n) is 3.29. The maximum atomic E-state index is 11.7. The summed E-state index contributed by atoms with van der Waals surface area (Å²) >= 11 is 0. The van der Waals surface area contributed by atoms with Gasteiger partial charge in [-0.2, -0.15) is 0 Å². The van der Waals surface area contributed by atoms with Crippen LogP contribution in [0.15, 0.2) is 23.8 Å². The Balaban J connectivity index is 2.79. The van der Waals surface area contributed by atoms with Gasteiger partial charge in [-0.1, -0.05) is 30.7 Å². The summed E-state index contributed by atoms with van der Waals surface area (Å²) in [6.07, 6.45) is 5.47. The van der Waals surface area contributed by atoms with Gasteiger partial charge in [0.05, 0.1) is 12.7 Å². The molecule has 1 N–H and O–H groups in total. The van der Waals surface area contributed by atoms with Gasteiger partial charge in [0, 0.05) is 41.9 Å². The predicted octanol–water partition coefficient (Wildman–Crippen LogP) is 1.67. The zero-order chi connectivity index (χ0) is 15.0. The fourth-order valence-corrected chi connectivity index (χ4v) is 3.09. The lowest BCUT2D eigenvalue weighted by molar-refractivity contribution is -0.00193. The van der Waals surface area contributed by atoms with Crippen LogP contribution in [0.2, 0.25) is 0 Å². The van der Waals surface area contributed by atoms with Gasteiger partial charge in [-0.15, -0.1) is 0 Å². The van der Waals surface area contributed by atoms with Crippen LogP contribution in [-0.2, 0) is 20.3 Å². The summed E-state index contributed by atoms with van der Waals surface area (Å²) in [6, 6.07) is 0. The van der Waals surface area contributed by atoms with Crippen LogP contribution in [0.5, 0.6) is 0 Å². The van der Waals surface area contributed by atoms with E-state index in [2.05, 4.69) is 0 Å². The average molecular weight is 302 g/mol. The van der Waals surface area contributed by atoms with Gasteiger partial charge in [-0.3, -0.25) is 4.21 Å². The van der Waals surface area contributed by atoms with E-state index in [1.165, 1.54) is 0 Å². The molecule has 0 aliphatic carbocycles. The molecule has 0 saturated heterocycles. The maximum absolute atomic E-state index is 11.7. The van der Waals surface area contributed by atoms with E-state index in [1.807, 2.05) is 32.1 Å². The molecule has 0 aromatic rings. The van der Waals surface area contributed by atoms with Gasteiger partial charge in [-0.25, -0.2) is 0 Å². The highest BCUT2D eigenvalue weighted by Gasteiger charge is 2.21. The summed E-state index contributed by atoms with van der Waals surface area (Å²) in [6.45, 7) is 5.12. The first-order chi connectivity index (χ1) is 9.54. The van der Waals surface area contributed by atoms with Crippen molar-refractivity contribution in [3.63, 3.8) is 0 Å². The van der Waals surface area contributed by atoms with Crippen molar-refractivity contribution >= 4 is 10.8 Å². The molecule has 0 radical (unpaired) electrons. The minimum Gasteiger partial charge on any atom is -0.389 e. The second-order valence-electron chi connectivity index (χ2n) is 5.21. The number of aliphatic hydroxyl groups is 1. The summed E-state index contributed by atoms with van der Waals surface area (Å²) in [4.78, 5) is 0. The first kappa shape index (κ1) is 17.6. The zero-order valence-corrected chi connectivity index (χ0v) is 13.4. The molecule has 116 valence electrons. The highest BCUT2D eigenvalue weighted by Crippen LogP contribution is 2.15. The molecule has 1 aliphatic heterocycles. The van der Waals surface area contributed by atoms with E-state index in [4.69, 9.17) is 9.47 Å². The molecular weight excluding hydrogens is 276 g/mol. The van der Waals surface area contributed by atoms with Crippen molar-refractivity contribution in [2.24, 2.45) is 5.92 Å². The molecule has 0 spiro atoms. The standard InChI is InChI=1S/C15H26O4S/c1-12-10-13(2)15(16)14(18-3)6-4-8-20(17)9-5-7-19-11-12/h4,6,10,13-16H,5,7-9,11H2,1-3H3. The van der Waals surface area contributed by atoms with Crippen molar-refractivity contribution in [2.75, 3.05) is 31.8 Å². The number of methoxy groups -OCH3 is 1. The molecule has 4 unspecified atom stereocenters. The Bertz CT molecular complexity index is 365. The van der Waals surface area contributed by atoms with Crippen LogP contribution in [0.25, 0.3) is 0 Å². The molecular formula is C15H26O4S. The second-order valence-corrected chi connectivity index (χ2v) is 6.83. The van der Waals surface area contributed by atoms with Crippen molar-refractivity contribution in [1.82, 2.24) is 0 Å².